The molecule has 0 saturated heterocycles. The van der Waals surface area contributed by atoms with Crippen LogP contribution in [0.1, 0.15) is 6.92 Å². The van der Waals surface area contributed by atoms with Gasteiger partial charge >= 0.3 is 0 Å². The Morgan fingerprint density at radius 3 is 2.64 bits per heavy atom. The van der Waals surface area contributed by atoms with E-state index in [1.54, 1.807) is 0 Å². The molecule has 0 atom stereocenters. The minimum absolute atomic E-state index is 0.871. The molecule has 0 radical (unpaired) electrons. The van der Waals surface area contributed by atoms with Crippen molar-refractivity contribution in [3.63, 3.8) is 0 Å². The van der Waals surface area contributed by atoms with Gasteiger partial charge in [-0.3, -0.25) is 0 Å². The number of hydrogen-bond acceptors (Lipinski definition) is 3. The lowest BCUT2D eigenvalue weighted by atomic mass is 10.2. The highest BCUT2D eigenvalue weighted by Crippen LogP contribution is 2.22. The smallest absolute Gasteiger partial charge is 0.0600 e. The SMILES string of the molecule is CCN(CCSC)c1ccccc1N. The molecule has 1 aromatic rings. The molecule has 14 heavy (non-hydrogen) atoms. The number of nitrogens with two attached hydrogens (primary N) is 1. The Morgan fingerprint density at radius 2 is 2.07 bits per heavy atom. The molecule has 0 aromatic heterocycles. The second-order valence-electron chi connectivity index (χ2n) is 3.13. The molecule has 2 nitrogen and oxygen atoms in total. The molecule has 0 fully saturated rings. The van der Waals surface area contributed by atoms with Crippen molar-refractivity contribution in [2.45, 2.75) is 6.92 Å². The van der Waals surface area contributed by atoms with Crippen LogP contribution in [0.5, 0.6) is 0 Å². The molecule has 1 aromatic carbocycles. The molecule has 0 aliphatic rings. The van der Waals surface area contributed by atoms with Gasteiger partial charge in [0.25, 0.3) is 0 Å². The van der Waals surface area contributed by atoms with Gasteiger partial charge in [0.1, 0.15) is 0 Å². The van der Waals surface area contributed by atoms with Gasteiger partial charge in [-0.2, -0.15) is 11.8 Å². The van der Waals surface area contributed by atoms with Gasteiger partial charge in [0.15, 0.2) is 0 Å². The van der Waals surface area contributed by atoms with E-state index in [-0.39, 0.29) is 0 Å². The van der Waals surface area contributed by atoms with Crippen LogP contribution in [0.3, 0.4) is 0 Å². The van der Waals surface area contributed by atoms with Crippen molar-refractivity contribution in [1.82, 2.24) is 0 Å². The van der Waals surface area contributed by atoms with Gasteiger partial charge in [-0.05, 0) is 25.3 Å². The van der Waals surface area contributed by atoms with E-state index in [4.69, 9.17) is 5.73 Å². The molecule has 0 amide bonds. The lowest BCUT2D eigenvalue weighted by Gasteiger charge is -2.24. The summed E-state index contributed by atoms with van der Waals surface area (Å²) in [6.07, 6.45) is 2.13. The van der Waals surface area contributed by atoms with Gasteiger partial charge in [-0.25, -0.2) is 0 Å². The zero-order valence-corrected chi connectivity index (χ0v) is 9.68. The molecule has 2 N–H and O–H groups in total. The second kappa shape index (κ2) is 5.81. The van der Waals surface area contributed by atoms with Crippen molar-refractivity contribution in [3.8, 4) is 0 Å². The maximum absolute atomic E-state index is 5.92. The number of hydrogen-bond donors (Lipinski definition) is 1. The largest absolute Gasteiger partial charge is 0.397 e. The Balaban J connectivity index is 2.73. The number of para-hydroxylation sites is 2. The van der Waals surface area contributed by atoms with Crippen molar-refractivity contribution in [3.05, 3.63) is 24.3 Å². The van der Waals surface area contributed by atoms with Crippen molar-refractivity contribution in [2.24, 2.45) is 0 Å². The van der Waals surface area contributed by atoms with E-state index >= 15 is 0 Å². The fourth-order valence-electron chi connectivity index (χ4n) is 1.43. The van der Waals surface area contributed by atoms with Crippen molar-refractivity contribution in [2.75, 3.05) is 35.7 Å². The van der Waals surface area contributed by atoms with Gasteiger partial charge in [0.2, 0.25) is 0 Å². The maximum Gasteiger partial charge on any atom is 0.0600 e. The summed E-state index contributed by atoms with van der Waals surface area (Å²) in [6.45, 7) is 4.23. The van der Waals surface area contributed by atoms with E-state index in [1.807, 2.05) is 30.0 Å². The molecular weight excluding hydrogens is 192 g/mol. The molecule has 0 aliphatic heterocycles. The molecule has 3 heteroatoms. The lowest BCUT2D eigenvalue weighted by Crippen LogP contribution is -2.26. The van der Waals surface area contributed by atoms with Crippen molar-refractivity contribution in [1.29, 1.82) is 0 Å². The third-order valence-electron chi connectivity index (χ3n) is 2.22. The molecule has 1 rings (SSSR count). The highest BCUT2D eigenvalue weighted by Gasteiger charge is 2.05. The van der Waals surface area contributed by atoms with Crippen LogP contribution in [0.2, 0.25) is 0 Å². The quantitative estimate of drug-likeness (QED) is 0.757. The summed E-state index contributed by atoms with van der Waals surface area (Å²) in [5.74, 6) is 1.14. The molecule has 0 aliphatic carbocycles. The summed E-state index contributed by atoms with van der Waals surface area (Å²) in [7, 11) is 0. The molecule has 0 saturated carbocycles. The van der Waals surface area contributed by atoms with Crippen LogP contribution in [-0.2, 0) is 0 Å². The number of thioether (sulfide) groups is 1. The van der Waals surface area contributed by atoms with Crippen molar-refractivity contribution < 1.29 is 0 Å². The van der Waals surface area contributed by atoms with Gasteiger partial charge in [0.05, 0.1) is 11.4 Å². The number of nitrogen functional groups attached to an aromatic ring is 1. The van der Waals surface area contributed by atoms with Crippen LogP contribution in [0.25, 0.3) is 0 Å². The average Bonchev–Trinajstić information content (AvgIpc) is 2.21. The molecule has 0 spiro atoms. The van der Waals surface area contributed by atoms with Crippen LogP contribution >= 0.6 is 11.8 Å². The number of nitrogens with zero attached hydrogens (tertiary/aromatic N) is 1. The Kier molecular flexibility index (Phi) is 4.66. The Hall–Kier alpha value is -0.830. The van der Waals surface area contributed by atoms with Gasteiger partial charge in [-0.1, -0.05) is 12.1 Å². The first-order valence-corrected chi connectivity index (χ1v) is 6.27. The molecule has 0 heterocycles. The summed E-state index contributed by atoms with van der Waals surface area (Å²) in [5, 5.41) is 0. The van der Waals surface area contributed by atoms with Crippen molar-refractivity contribution >= 4 is 23.1 Å². The number of rotatable bonds is 5. The predicted molar refractivity (Wildman–Crippen MR) is 67.1 cm³/mol. The summed E-state index contributed by atoms with van der Waals surface area (Å²) in [5.41, 5.74) is 7.95. The van der Waals surface area contributed by atoms with Gasteiger partial charge < -0.3 is 10.6 Å². The Labute approximate surface area is 90.5 Å². The highest BCUT2D eigenvalue weighted by atomic mass is 32.2. The van der Waals surface area contributed by atoms with Crippen LogP contribution < -0.4 is 10.6 Å². The van der Waals surface area contributed by atoms with E-state index < -0.39 is 0 Å². The van der Waals surface area contributed by atoms with Gasteiger partial charge in [-0.15, -0.1) is 0 Å². The minimum Gasteiger partial charge on any atom is -0.397 e. The first-order chi connectivity index (χ1) is 6.79. The topological polar surface area (TPSA) is 29.3 Å². The first kappa shape index (κ1) is 11.2. The molecule has 0 unspecified atom stereocenters. The maximum atomic E-state index is 5.92. The number of anilines is 2. The highest BCUT2D eigenvalue weighted by molar-refractivity contribution is 7.98. The fraction of sp³-hybridized carbons (Fsp3) is 0.455. The van der Waals surface area contributed by atoms with E-state index in [1.165, 1.54) is 0 Å². The first-order valence-electron chi connectivity index (χ1n) is 4.88. The Bertz CT molecular complexity index is 276. The van der Waals surface area contributed by atoms with E-state index in [0.717, 1.165) is 30.2 Å². The minimum atomic E-state index is 0.871. The second-order valence-corrected chi connectivity index (χ2v) is 4.12. The number of benzene rings is 1. The lowest BCUT2D eigenvalue weighted by molar-refractivity contribution is 0.874. The molecule has 78 valence electrons. The van der Waals surface area contributed by atoms with E-state index in [9.17, 15) is 0 Å². The van der Waals surface area contributed by atoms with Crippen LogP contribution in [0.4, 0.5) is 11.4 Å². The molecular formula is C11H18N2S. The Morgan fingerprint density at radius 1 is 1.36 bits per heavy atom. The summed E-state index contributed by atoms with van der Waals surface area (Å²) in [6, 6.07) is 8.05. The summed E-state index contributed by atoms with van der Waals surface area (Å²) in [4.78, 5) is 2.31. The fourth-order valence-corrected chi connectivity index (χ4v) is 1.83. The summed E-state index contributed by atoms with van der Waals surface area (Å²) < 4.78 is 0. The van der Waals surface area contributed by atoms with E-state index in [2.05, 4.69) is 24.1 Å². The third-order valence-corrected chi connectivity index (χ3v) is 2.82. The van der Waals surface area contributed by atoms with Crippen LogP contribution in [0, 0.1) is 0 Å². The predicted octanol–water partition coefficient (Wildman–Crippen LogP) is 2.46. The van der Waals surface area contributed by atoms with E-state index in [0.29, 0.717) is 0 Å². The van der Waals surface area contributed by atoms with Crippen LogP contribution in [0.15, 0.2) is 24.3 Å². The normalized spacial score (nSPS) is 10.1. The average molecular weight is 210 g/mol. The summed E-state index contributed by atoms with van der Waals surface area (Å²) >= 11 is 1.86. The zero-order valence-electron chi connectivity index (χ0n) is 8.86. The molecule has 0 bridgehead atoms. The van der Waals surface area contributed by atoms with Gasteiger partial charge in [0, 0.05) is 18.8 Å². The monoisotopic (exact) mass is 210 g/mol. The third kappa shape index (κ3) is 2.84. The zero-order chi connectivity index (χ0) is 10.4. The van der Waals surface area contributed by atoms with Crippen LogP contribution in [-0.4, -0.2) is 25.1 Å². The standard InChI is InChI=1S/C11H18N2S/c1-3-13(8-9-14-2)11-7-5-4-6-10(11)12/h4-7H,3,8-9,12H2,1-2H3.